The first-order valence-corrected chi connectivity index (χ1v) is 7.50. The molecule has 1 aliphatic rings. The van der Waals surface area contributed by atoms with E-state index in [-0.39, 0.29) is 5.75 Å². The summed E-state index contributed by atoms with van der Waals surface area (Å²) < 4.78 is 42.4. The Morgan fingerprint density at radius 3 is 2.67 bits per heavy atom. The molecule has 1 aliphatic heterocycles. The van der Waals surface area contributed by atoms with Crippen LogP contribution in [0.1, 0.15) is 5.56 Å². The Hall–Kier alpha value is -1.71. The molecule has 1 unspecified atom stereocenters. The van der Waals surface area contributed by atoms with E-state index in [4.69, 9.17) is 10.5 Å². The Morgan fingerprint density at radius 2 is 2.10 bits per heavy atom. The number of ether oxygens (including phenoxy) is 1. The molecule has 1 fully saturated rings. The SMILES string of the molecule is NC(=O)C1CN(Cc2ccc(OS(=O)(=O)F)cc2)CCO1. The van der Waals surface area contributed by atoms with Gasteiger partial charge in [-0.25, -0.2) is 0 Å². The third-order valence-corrected chi connectivity index (χ3v) is 3.38. The van der Waals surface area contributed by atoms with Gasteiger partial charge in [-0.15, -0.1) is 0 Å². The van der Waals surface area contributed by atoms with Gasteiger partial charge in [-0.2, -0.15) is 8.42 Å². The number of rotatable bonds is 5. The summed E-state index contributed by atoms with van der Waals surface area (Å²) in [6.45, 7) is 2.00. The summed E-state index contributed by atoms with van der Waals surface area (Å²) in [5.74, 6) is -0.602. The van der Waals surface area contributed by atoms with Gasteiger partial charge in [0.05, 0.1) is 6.61 Å². The molecule has 0 radical (unpaired) electrons. The summed E-state index contributed by atoms with van der Waals surface area (Å²) in [7, 11) is -5.01. The van der Waals surface area contributed by atoms with Crippen molar-refractivity contribution in [2.24, 2.45) is 5.73 Å². The number of halogens is 1. The van der Waals surface area contributed by atoms with Gasteiger partial charge in [0, 0.05) is 19.6 Å². The summed E-state index contributed by atoms with van der Waals surface area (Å²) in [5.41, 5.74) is 6.07. The van der Waals surface area contributed by atoms with Gasteiger partial charge in [-0.3, -0.25) is 9.69 Å². The molecule has 0 bridgehead atoms. The highest BCUT2D eigenvalue weighted by molar-refractivity contribution is 7.81. The van der Waals surface area contributed by atoms with Crippen LogP contribution >= 0.6 is 0 Å². The Bertz CT molecular complexity index is 605. The average Bonchev–Trinajstić information content (AvgIpc) is 2.40. The largest absolute Gasteiger partial charge is 0.488 e. The molecule has 1 aromatic carbocycles. The minimum atomic E-state index is -5.01. The molecule has 1 heterocycles. The maximum atomic E-state index is 12.4. The molecule has 0 saturated carbocycles. The first-order valence-electron chi connectivity index (χ1n) is 6.20. The Balaban J connectivity index is 1.95. The lowest BCUT2D eigenvalue weighted by atomic mass is 10.2. The number of carbonyl (C=O) groups excluding carboxylic acids is 1. The van der Waals surface area contributed by atoms with Gasteiger partial charge in [0.15, 0.2) is 0 Å². The van der Waals surface area contributed by atoms with E-state index in [2.05, 4.69) is 4.18 Å². The first kappa shape index (κ1) is 15.7. The fourth-order valence-electron chi connectivity index (χ4n) is 2.04. The molecule has 2 N–H and O–H groups in total. The number of morpholine rings is 1. The standard InChI is InChI=1S/C12H15FN2O5S/c13-21(17,18)20-10-3-1-9(2-4-10)7-15-5-6-19-11(8-15)12(14)16/h1-4,11H,5-8H2,(H2,14,16). The van der Waals surface area contributed by atoms with E-state index in [1.807, 2.05) is 4.90 Å². The van der Waals surface area contributed by atoms with E-state index in [9.17, 15) is 17.1 Å². The predicted molar refractivity (Wildman–Crippen MR) is 71.3 cm³/mol. The van der Waals surface area contributed by atoms with Crippen molar-refractivity contribution in [1.29, 1.82) is 0 Å². The van der Waals surface area contributed by atoms with Crippen LogP contribution in [0.15, 0.2) is 24.3 Å². The molecular weight excluding hydrogens is 303 g/mol. The molecule has 0 aliphatic carbocycles. The van der Waals surface area contributed by atoms with Crippen molar-refractivity contribution in [3.8, 4) is 5.75 Å². The number of primary amides is 1. The summed E-state index contributed by atoms with van der Waals surface area (Å²) in [5, 5.41) is 0. The van der Waals surface area contributed by atoms with Crippen LogP contribution in [0.3, 0.4) is 0 Å². The Labute approximate surface area is 121 Å². The van der Waals surface area contributed by atoms with Crippen molar-refractivity contribution in [2.75, 3.05) is 19.7 Å². The van der Waals surface area contributed by atoms with Crippen molar-refractivity contribution >= 4 is 16.4 Å². The van der Waals surface area contributed by atoms with Crippen LogP contribution in [-0.2, 0) is 26.6 Å². The van der Waals surface area contributed by atoms with Crippen LogP contribution in [0, 0.1) is 0 Å². The Morgan fingerprint density at radius 1 is 1.43 bits per heavy atom. The second-order valence-corrected chi connectivity index (χ2v) is 5.57. The van der Waals surface area contributed by atoms with Gasteiger partial charge in [-0.05, 0) is 17.7 Å². The van der Waals surface area contributed by atoms with Crippen LogP contribution in [-0.4, -0.2) is 45.0 Å². The van der Waals surface area contributed by atoms with Crippen LogP contribution in [0.25, 0.3) is 0 Å². The zero-order valence-corrected chi connectivity index (χ0v) is 11.9. The molecule has 1 aromatic rings. The van der Waals surface area contributed by atoms with Crippen molar-refractivity contribution in [3.63, 3.8) is 0 Å². The topological polar surface area (TPSA) is 98.9 Å². The average molecular weight is 318 g/mol. The number of amides is 1. The van der Waals surface area contributed by atoms with Gasteiger partial charge >= 0.3 is 10.5 Å². The van der Waals surface area contributed by atoms with Crippen LogP contribution < -0.4 is 9.92 Å². The molecule has 7 nitrogen and oxygen atoms in total. The third-order valence-electron chi connectivity index (χ3n) is 2.99. The number of benzene rings is 1. The summed E-state index contributed by atoms with van der Waals surface area (Å²) in [6.07, 6.45) is -0.627. The number of nitrogens with two attached hydrogens (primary N) is 1. The van der Waals surface area contributed by atoms with E-state index in [0.717, 1.165) is 5.56 Å². The fraction of sp³-hybridized carbons (Fsp3) is 0.417. The lowest BCUT2D eigenvalue weighted by Gasteiger charge is -2.31. The molecule has 1 amide bonds. The Kier molecular flexibility index (Phi) is 4.76. The molecule has 0 spiro atoms. The number of carbonyl (C=O) groups is 1. The lowest BCUT2D eigenvalue weighted by Crippen LogP contribution is -2.47. The maximum Gasteiger partial charge on any atom is 0.488 e. The molecule has 21 heavy (non-hydrogen) atoms. The molecule has 116 valence electrons. The van der Waals surface area contributed by atoms with Crippen molar-refractivity contribution in [3.05, 3.63) is 29.8 Å². The molecule has 0 aromatic heterocycles. The smallest absolute Gasteiger partial charge is 0.367 e. The third kappa shape index (κ3) is 4.96. The summed E-state index contributed by atoms with van der Waals surface area (Å²) in [6, 6.07) is 5.96. The molecule has 1 atom stereocenters. The number of nitrogens with zero attached hydrogens (tertiary/aromatic N) is 1. The molecular formula is C12H15FN2O5S. The highest BCUT2D eigenvalue weighted by Gasteiger charge is 2.24. The van der Waals surface area contributed by atoms with Crippen molar-refractivity contribution in [2.45, 2.75) is 12.6 Å². The predicted octanol–water partition coefficient (Wildman–Crippen LogP) is -0.0342. The highest BCUT2D eigenvalue weighted by atomic mass is 32.3. The van der Waals surface area contributed by atoms with E-state index in [0.29, 0.717) is 26.2 Å². The zero-order chi connectivity index (χ0) is 15.5. The zero-order valence-electron chi connectivity index (χ0n) is 11.1. The van der Waals surface area contributed by atoms with E-state index < -0.39 is 22.5 Å². The van der Waals surface area contributed by atoms with Gasteiger partial charge in [0.2, 0.25) is 5.91 Å². The molecule has 1 saturated heterocycles. The highest BCUT2D eigenvalue weighted by Crippen LogP contribution is 2.17. The van der Waals surface area contributed by atoms with E-state index in [1.165, 1.54) is 12.1 Å². The maximum absolute atomic E-state index is 12.4. The quantitative estimate of drug-likeness (QED) is 0.765. The van der Waals surface area contributed by atoms with E-state index in [1.54, 1.807) is 12.1 Å². The fourth-order valence-corrected chi connectivity index (χ4v) is 2.38. The number of hydrogen-bond donors (Lipinski definition) is 1. The number of hydrogen-bond acceptors (Lipinski definition) is 6. The monoisotopic (exact) mass is 318 g/mol. The van der Waals surface area contributed by atoms with Gasteiger partial charge in [0.25, 0.3) is 0 Å². The minimum Gasteiger partial charge on any atom is -0.367 e. The normalized spacial score (nSPS) is 20.1. The second-order valence-electron chi connectivity index (χ2n) is 4.62. The van der Waals surface area contributed by atoms with Crippen molar-refractivity contribution in [1.82, 2.24) is 4.90 Å². The van der Waals surface area contributed by atoms with E-state index >= 15 is 0 Å². The summed E-state index contributed by atoms with van der Waals surface area (Å²) >= 11 is 0. The summed E-state index contributed by atoms with van der Waals surface area (Å²) in [4.78, 5) is 13.1. The van der Waals surface area contributed by atoms with Gasteiger partial charge in [0.1, 0.15) is 11.9 Å². The van der Waals surface area contributed by atoms with Crippen LogP contribution in [0.2, 0.25) is 0 Å². The first-order chi connectivity index (χ1) is 9.83. The lowest BCUT2D eigenvalue weighted by molar-refractivity contribution is -0.135. The molecule has 9 heteroatoms. The van der Waals surface area contributed by atoms with Crippen LogP contribution in [0.4, 0.5) is 3.89 Å². The van der Waals surface area contributed by atoms with Crippen molar-refractivity contribution < 1.29 is 26.0 Å². The molecule has 2 rings (SSSR count). The second kappa shape index (κ2) is 6.37. The van der Waals surface area contributed by atoms with Gasteiger partial charge in [-0.1, -0.05) is 16.0 Å². The minimum absolute atomic E-state index is 0.0989. The van der Waals surface area contributed by atoms with Gasteiger partial charge < -0.3 is 14.7 Å². The van der Waals surface area contributed by atoms with Crippen LogP contribution in [0.5, 0.6) is 5.75 Å².